The van der Waals surface area contributed by atoms with Crippen LogP contribution in [0.3, 0.4) is 0 Å². The standard InChI is InChI=1S/C19H19F3N2O2/c1-3-12(2)17(25)23-15-8-4-6-13(10-15)18(26)24-16-9-5-7-14(11-16)19(20,21)22/h4-12H,3H2,1-2H3,(H,23,25)(H,24,26). The van der Waals surface area contributed by atoms with Crippen LogP contribution in [0.4, 0.5) is 24.5 Å². The summed E-state index contributed by atoms with van der Waals surface area (Å²) in [5.41, 5.74) is -0.125. The van der Waals surface area contributed by atoms with Gasteiger partial charge in [0, 0.05) is 22.9 Å². The zero-order valence-electron chi connectivity index (χ0n) is 14.4. The third kappa shape index (κ3) is 5.08. The van der Waals surface area contributed by atoms with E-state index in [-0.39, 0.29) is 23.1 Å². The molecule has 0 fully saturated rings. The van der Waals surface area contributed by atoms with Crippen LogP contribution in [0.1, 0.15) is 36.2 Å². The number of carbonyl (C=O) groups excluding carboxylic acids is 2. The normalized spacial score (nSPS) is 12.3. The van der Waals surface area contributed by atoms with E-state index in [4.69, 9.17) is 0 Å². The second-order valence-corrected chi connectivity index (χ2v) is 5.91. The summed E-state index contributed by atoms with van der Waals surface area (Å²) in [6.45, 7) is 3.68. The molecule has 0 radical (unpaired) electrons. The van der Waals surface area contributed by atoms with Gasteiger partial charge < -0.3 is 10.6 Å². The van der Waals surface area contributed by atoms with Crippen molar-refractivity contribution < 1.29 is 22.8 Å². The van der Waals surface area contributed by atoms with Crippen LogP contribution in [-0.4, -0.2) is 11.8 Å². The fraction of sp³-hybridized carbons (Fsp3) is 0.263. The zero-order chi connectivity index (χ0) is 19.3. The Kier molecular flexibility index (Phi) is 6.02. The Balaban J connectivity index is 2.13. The van der Waals surface area contributed by atoms with Crippen LogP contribution in [0, 0.1) is 5.92 Å². The lowest BCUT2D eigenvalue weighted by Gasteiger charge is -2.12. The van der Waals surface area contributed by atoms with Crippen molar-refractivity contribution in [2.24, 2.45) is 5.92 Å². The highest BCUT2D eigenvalue weighted by molar-refractivity contribution is 6.05. The van der Waals surface area contributed by atoms with Crippen LogP contribution in [-0.2, 0) is 11.0 Å². The molecular weight excluding hydrogens is 345 g/mol. The Morgan fingerprint density at radius 2 is 1.62 bits per heavy atom. The fourth-order valence-corrected chi connectivity index (χ4v) is 2.17. The summed E-state index contributed by atoms with van der Waals surface area (Å²) in [5, 5.41) is 5.15. The molecule has 0 spiro atoms. The number of hydrogen-bond acceptors (Lipinski definition) is 2. The average Bonchev–Trinajstić information content (AvgIpc) is 2.60. The molecule has 2 rings (SSSR count). The number of benzene rings is 2. The monoisotopic (exact) mass is 364 g/mol. The van der Waals surface area contributed by atoms with E-state index >= 15 is 0 Å². The SMILES string of the molecule is CCC(C)C(=O)Nc1cccc(C(=O)Nc2cccc(C(F)(F)F)c2)c1. The average molecular weight is 364 g/mol. The maximum atomic E-state index is 12.7. The largest absolute Gasteiger partial charge is 0.416 e. The lowest BCUT2D eigenvalue weighted by Crippen LogP contribution is -2.20. The number of rotatable bonds is 5. The number of amides is 2. The van der Waals surface area contributed by atoms with Gasteiger partial charge in [0.15, 0.2) is 0 Å². The van der Waals surface area contributed by atoms with Crippen molar-refractivity contribution in [2.75, 3.05) is 10.6 Å². The molecule has 0 saturated heterocycles. The third-order valence-corrected chi connectivity index (χ3v) is 3.90. The minimum Gasteiger partial charge on any atom is -0.326 e. The number of anilines is 2. The summed E-state index contributed by atoms with van der Waals surface area (Å²) in [6, 6.07) is 10.6. The highest BCUT2D eigenvalue weighted by Crippen LogP contribution is 2.30. The van der Waals surface area contributed by atoms with Gasteiger partial charge in [-0.3, -0.25) is 9.59 Å². The van der Waals surface area contributed by atoms with Gasteiger partial charge >= 0.3 is 6.18 Å². The maximum absolute atomic E-state index is 12.7. The van der Waals surface area contributed by atoms with Crippen molar-refractivity contribution in [1.29, 1.82) is 0 Å². The van der Waals surface area contributed by atoms with E-state index in [0.717, 1.165) is 12.1 Å². The third-order valence-electron chi connectivity index (χ3n) is 3.90. The molecule has 2 aromatic rings. The summed E-state index contributed by atoms with van der Waals surface area (Å²) in [5.74, 6) is -0.899. The highest BCUT2D eigenvalue weighted by atomic mass is 19.4. The highest BCUT2D eigenvalue weighted by Gasteiger charge is 2.30. The predicted octanol–water partition coefficient (Wildman–Crippen LogP) is 4.94. The number of halogens is 3. The van der Waals surface area contributed by atoms with E-state index in [1.54, 1.807) is 19.1 Å². The molecule has 138 valence electrons. The Hall–Kier alpha value is -2.83. The van der Waals surface area contributed by atoms with E-state index in [1.165, 1.54) is 24.3 Å². The van der Waals surface area contributed by atoms with Crippen LogP contribution in [0.25, 0.3) is 0 Å². The van der Waals surface area contributed by atoms with Gasteiger partial charge in [0.1, 0.15) is 0 Å². The van der Waals surface area contributed by atoms with Gasteiger partial charge in [-0.2, -0.15) is 13.2 Å². The van der Waals surface area contributed by atoms with Crippen molar-refractivity contribution in [3.63, 3.8) is 0 Å². The zero-order valence-corrected chi connectivity index (χ0v) is 14.4. The first kappa shape index (κ1) is 19.5. The fourth-order valence-electron chi connectivity index (χ4n) is 2.17. The minimum absolute atomic E-state index is 0.0406. The first-order valence-corrected chi connectivity index (χ1v) is 8.10. The summed E-state index contributed by atoms with van der Waals surface area (Å²) in [4.78, 5) is 24.2. The van der Waals surface area contributed by atoms with Crippen LogP contribution in [0.2, 0.25) is 0 Å². The topological polar surface area (TPSA) is 58.2 Å². The van der Waals surface area contributed by atoms with Gasteiger partial charge in [0.25, 0.3) is 5.91 Å². The summed E-state index contributed by atoms with van der Waals surface area (Å²) in [7, 11) is 0. The summed E-state index contributed by atoms with van der Waals surface area (Å²) >= 11 is 0. The lowest BCUT2D eigenvalue weighted by molar-refractivity contribution is -0.137. The first-order chi connectivity index (χ1) is 12.2. The van der Waals surface area contributed by atoms with Gasteiger partial charge in [-0.25, -0.2) is 0 Å². The molecule has 2 N–H and O–H groups in total. The molecule has 1 atom stereocenters. The Morgan fingerprint density at radius 3 is 2.23 bits per heavy atom. The first-order valence-electron chi connectivity index (χ1n) is 8.10. The van der Waals surface area contributed by atoms with E-state index in [9.17, 15) is 22.8 Å². The molecule has 1 unspecified atom stereocenters. The molecule has 2 amide bonds. The second kappa shape index (κ2) is 8.03. The Labute approximate surface area is 149 Å². The molecule has 0 aliphatic rings. The smallest absolute Gasteiger partial charge is 0.326 e. The van der Waals surface area contributed by atoms with Crippen LogP contribution in [0.5, 0.6) is 0 Å². The quantitative estimate of drug-likeness (QED) is 0.789. The number of nitrogens with one attached hydrogen (secondary N) is 2. The maximum Gasteiger partial charge on any atom is 0.416 e. The van der Waals surface area contributed by atoms with Crippen molar-refractivity contribution >= 4 is 23.2 Å². The molecule has 0 aromatic heterocycles. The molecule has 0 saturated carbocycles. The Bertz CT molecular complexity index is 803. The van der Waals surface area contributed by atoms with Gasteiger partial charge in [0.2, 0.25) is 5.91 Å². The summed E-state index contributed by atoms with van der Waals surface area (Å²) < 4.78 is 38.2. The van der Waals surface area contributed by atoms with Crippen molar-refractivity contribution in [3.05, 3.63) is 59.7 Å². The molecule has 0 heterocycles. The van der Waals surface area contributed by atoms with E-state index in [2.05, 4.69) is 10.6 Å². The van der Waals surface area contributed by atoms with Crippen LogP contribution < -0.4 is 10.6 Å². The molecule has 4 nitrogen and oxygen atoms in total. The predicted molar refractivity (Wildman–Crippen MR) is 93.9 cm³/mol. The van der Waals surface area contributed by atoms with E-state index < -0.39 is 17.6 Å². The number of hydrogen-bond donors (Lipinski definition) is 2. The van der Waals surface area contributed by atoms with Crippen molar-refractivity contribution in [2.45, 2.75) is 26.4 Å². The molecular formula is C19H19F3N2O2. The minimum atomic E-state index is -4.49. The van der Waals surface area contributed by atoms with Gasteiger partial charge in [-0.15, -0.1) is 0 Å². The van der Waals surface area contributed by atoms with Crippen molar-refractivity contribution in [3.8, 4) is 0 Å². The molecule has 7 heteroatoms. The lowest BCUT2D eigenvalue weighted by atomic mass is 10.1. The summed E-state index contributed by atoms with van der Waals surface area (Å²) in [6.07, 6.45) is -3.80. The number of carbonyl (C=O) groups is 2. The van der Waals surface area contributed by atoms with Crippen molar-refractivity contribution in [1.82, 2.24) is 0 Å². The van der Waals surface area contributed by atoms with Gasteiger partial charge in [-0.05, 0) is 42.8 Å². The van der Waals surface area contributed by atoms with Crippen LogP contribution >= 0.6 is 0 Å². The van der Waals surface area contributed by atoms with E-state index in [0.29, 0.717) is 12.1 Å². The molecule has 26 heavy (non-hydrogen) atoms. The van der Waals surface area contributed by atoms with Gasteiger partial charge in [-0.1, -0.05) is 26.0 Å². The van der Waals surface area contributed by atoms with Crippen LogP contribution in [0.15, 0.2) is 48.5 Å². The molecule has 0 aliphatic carbocycles. The molecule has 0 aliphatic heterocycles. The van der Waals surface area contributed by atoms with Gasteiger partial charge in [0.05, 0.1) is 5.56 Å². The Morgan fingerprint density at radius 1 is 1.00 bits per heavy atom. The number of alkyl halides is 3. The molecule has 0 bridgehead atoms. The molecule has 2 aromatic carbocycles. The second-order valence-electron chi connectivity index (χ2n) is 5.91. The van der Waals surface area contributed by atoms with E-state index in [1.807, 2.05) is 6.92 Å².